The van der Waals surface area contributed by atoms with Gasteiger partial charge in [-0.25, -0.2) is 0 Å². The van der Waals surface area contributed by atoms with Crippen LogP contribution in [0.1, 0.15) is 53.9 Å². The van der Waals surface area contributed by atoms with E-state index >= 15 is 0 Å². The molecule has 2 amide bonds. The van der Waals surface area contributed by atoms with Gasteiger partial charge in [-0.1, -0.05) is 34.6 Å². The molecule has 0 aliphatic rings. The van der Waals surface area contributed by atoms with E-state index in [1.807, 2.05) is 13.8 Å². The van der Waals surface area contributed by atoms with E-state index in [1.54, 1.807) is 0 Å². The van der Waals surface area contributed by atoms with Crippen LogP contribution in [-0.4, -0.2) is 24.4 Å². The van der Waals surface area contributed by atoms with Gasteiger partial charge in [0.05, 0.1) is 0 Å². The second-order valence-corrected chi connectivity index (χ2v) is 6.87. The molecule has 0 aromatic rings. The Kier molecular flexibility index (Phi) is 7.79. The third kappa shape index (κ3) is 6.89. The summed E-state index contributed by atoms with van der Waals surface area (Å²) in [6.45, 7) is 10.8. The molecular weight excluding hydrogens is 254 g/mol. The average Bonchev–Trinajstić information content (AvgIpc) is 2.29. The minimum absolute atomic E-state index is 0.00101. The number of nitrogens with one attached hydrogen (secondary N) is 1. The summed E-state index contributed by atoms with van der Waals surface area (Å²) >= 11 is 0. The number of rotatable bonds is 8. The van der Waals surface area contributed by atoms with E-state index in [4.69, 9.17) is 11.5 Å². The molecule has 0 saturated heterocycles. The van der Waals surface area contributed by atoms with Crippen LogP contribution in [0.3, 0.4) is 0 Å². The molecule has 0 fully saturated rings. The molecule has 0 radical (unpaired) electrons. The summed E-state index contributed by atoms with van der Waals surface area (Å²) < 4.78 is 0. The lowest BCUT2D eigenvalue weighted by molar-refractivity contribution is -0.128. The van der Waals surface area contributed by atoms with E-state index in [0.29, 0.717) is 18.9 Å². The van der Waals surface area contributed by atoms with Crippen molar-refractivity contribution >= 4 is 11.8 Å². The molecule has 0 aromatic carbocycles. The van der Waals surface area contributed by atoms with E-state index in [2.05, 4.69) is 26.1 Å². The van der Waals surface area contributed by atoms with Gasteiger partial charge in [-0.3, -0.25) is 9.59 Å². The monoisotopic (exact) mass is 285 g/mol. The van der Waals surface area contributed by atoms with Gasteiger partial charge >= 0.3 is 0 Å². The Labute approximate surface area is 122 Å². The number of hydrogen-bond acceptors (Lipinski definition) is 3. The van der Waals surface area contributed by atoms with Crippen LogP contribution in [-0.2, 0) is 9.59 Å². The lowest BCUT2D eigenvalue weighted by atomic mass is 9.76. The van der Waals surface area contributed by atoms with Gasteiger partial charge in [0.25, 0.3) is 0 Å². The van der Waals surface area contributed by atoms with E-state index < -0.39 is 11.9 Å². The molecule has 0 bridgehead atoms. The highest BCUT2D eigenvalue weighted by molar-refractivity contribution is 5.86. The summed E-state index contributed by atoms with van der Waals surface area (Å²) in [5, 5.41) is 2.72. The summed E-state index contributed by atoms with van der Waals surface area (Å²) in [5.74, 6) is -0.209. The standard InChI is InChI=1S/C15H31N3O2/c1-10(2)13(14(17)20)18-12(19)7-6-11(8-9-16)15(3,4)5/h10-11,13H,6-9,16H2,1-5H3,(H2,17,20)(H,18,19). The number of nitrogens with two attached hydrogens (primary N) is 2. The number of carbonyl (C=O) groups excluding carboxylic acids is 2. The van der Waals surface area contributed by atoms with E-state index in [-0.39, 0.29) is 17.2 Å². The normalized spacial score (nSPS) is 14.9. The van der Waals surface area contributed by atoms with Crippen molar-refractivity contribution in [3.63, 3.8) is 0 Å². The predicted molar refractivity (Wildman–Crippen MR) is 81.8 cm³/mol. The Morgan fingerprint density at radius 1 is 1.15 bits per heavy atom. The van der Waals surface area contributed by atoms with Crippen LogP contribution in [0.4, 0.5) is 0 Å². The molecule has 0 heterocycles. The van der Waals surface area contributed by atoms with Crippen LogP contribution in [0, 0.1) is 17.3 Å². The van der Waals surface area contributed by atoms with Crippen LogP contribution < -0.4 is 16.8 Å². The molecule has 0 saturated carbocycles. The number of primary amides is 1. The zero-order valence-corrected chi connectivity index (χ0v) is 13.5. The summed E-state index contributed by atoms with van der Waals surface area (Å²) in [6.07, 6.45) is 2.08. The van der Waals surface area contributed by atoms with Crippen molar-refractivity contribution in [3.05, 3.63) is 0 Å². The van der Waals surface area contributed by atoms with E-state index in [9.17, 15) is 9.59 Å². The maximum Gasteiger partial charge on any atom is 0.240 e. The highest BCUT2D eigenvalue weighted by atomic mass is 16.2. The molecule has 0 spiro atoms. The largest absolute Gasteiger partial charge is 0.368 e. The van der Waals surface area contributed by atoms with Crippen LogP contribution >= 0.6 is 0 Å². The van der Waals surface area contributed by atoms with Crippen molar-refractivity contribution in [3.8, 4) is 0 Å². The molecule has 5 heteroatoms. The van der Waals surface area contributed by atoms with Gasteiger partial charge in [0.1, 0.15) is 6.04 Å². The van der Waals surface area contributed by atoms with E-state index in [1.165, 1.54) is 0 Å². The van der Waals surface area contributed by atoms with Crippen molar-refractivity contribution in [2.45, 2.75) is 59.9 Å². The highest BCUT2D eigenvalue weighted by Crippen LogP contribution is 2.32. The molecule has 2 atom stereocenters. The summed E-state index contributed by atoms with van der Waals surface area (Å²) in [7, 11) is 0. The van der Waals surface area contributed by atoms with Gasteiger partial charge in [-0.2, -0.15) is 0 Å². The summed E-state index contributed by atoms with van der Waals surface area (Å²) in [6, 6.07) is -0.593. The smallest absolute Gasteiger partial charge is 0.240 e. The Hall–Kier alpha value is -1.10. The van der Waals surface area contributed by atoms with Gasteiger partial charge in [0.2, 0.25) is 11.8 Å². The SMILES string of the molecule is CC(C)C(NC(=O)CCC(CCN)C(C)(C)C)C(N)=O. The van der Waals surface area contributed by atoms with Crippen LogP contribution in [0.15, 0.2) is 0 Å². The van der Waals surface area contributed by atoms with Gasteiger partial charge in [-0.15, -0.1) is 0 Å². The zero-order chi connectivity index (χ0) is 15.9. The van der Waals surface area contributed by atoms with Crippen molar-refractivity contribution in [1.29, 1.82) is 0 Å². The first-order chi connectivity index (χ1) is 9.09. The fourth-order valence-electron chi connectivity index (χ4n) is 2.33. The molecule has 118 valence electrons. The lowest BCUT2D eigenvalue weighted by Crippen LogP contribution is -2.47. The second-order valence-electron chi connectivity index (χ2n) is 6.87. The maximum absolute atomic E-state index is 11.9. The quantitative estimate of drug-likeness (QED) is 0.628. The summed E-state index contributed by atoms with van der Waals surface area (Å²) in [5.41, 5.74) is 11.0. The third-order valence-electron chi connectivity index (χ3n) is 3.75. The number of carbonyl (C=O) groups is 2. The minimum Gasteiger partial charge on any atom is -0.368 e. The Balaban J connectivity index is 4.42. The Morgan fingerprint density at radius 2 is 1.70 bits per heavy atom. The topological polar surface area (TPSA) is 98.2 Å². The second kappa shape index (κ2) is 8.25. The fraction of sp³-hybridized carbons (Fsp3) is 0.867. The molecule has 5 N–H and O–H groups in total. The third-order valence-corrected chi connectivity index (χ3v) is 3.75. The highest BCUT2D eigenvalue weighted by Gasteiger charge is 2.26. The van der Waals surface area contributed by atoms with Gasteiger partial charge in [0, 0.05) is 6.42 Å². The molecule has 0 aliphatic heterocycles. The molecular formula is C15H31N3O2. The van der Waals surface area contributed by atoms with Gasteiger partial charge in [0.15, 0.2) is 0 Å². The summed E-state index contributed by atoms with van der Waals surface area (Å²) in [4.78, 5) is 23.2. The predicted octanol–water partition coefficient (Wildman–Crippen LogP) is 1.40. The van der Waals surface area contributed by atoms with Crippen molar-refractivity contribution in [2.75, 3.05) is 6.54 Å². The lowest BCUT2D eigenvalue weighted by Gasteiger charge is -2.30. The molecule has 2 unspecified atom stereocenters. The first-order valence-electron chi connectivity index (χ1n) is 7.38. The molecule has 0 aromatic heterocycles. The van der Waals surface area contributed by atoms with Gasteiger partial charge < -0.3 is 16.8 Å². The minimum atomic E-state index is -0.593. The zero-order valence-electron chi connectivity index (χ0n) is 13.5. The number of amides is 2. The molecule has 5 nitrogen and oxygen atoms in total. The van der Waals surface area contributed by atoms with E-state index in [0.717, 1.165) is 12.8 Å². The molecule has 20 heavy (non-hydrogen) atoms. The van der Waals surface area contributed by atoms with Gasteiger partial charge in [-0.05, 0) is 36.6 Å². The first-order valence-corrected chi connectivity index (χ1v) is 7.38. The van der Waals surface area contributed by atoms with Crippen molar-refractivity contribution in [2.24, 2.45) is 28.7 Å². The van der Waals surface area contributed by atoms with Crippen molar-refractivity contribution in [1.82, 2.24) is 5.32 Å². The molecule has 0 rings (SSSR count). The van der Waals surface area contributed by atoms with Crippen LogP contribution in [0.2, 0.25) is 0 Å². The fourth-order valence-corrected chi connectivity index (χ4v) is 2.33. The molecule has 0 aliphatic carbocycles. The first kappa shape index (κ1) is 18.9. The maximum atomic E-state index is 11.9. The average molecular weight is 285 g/mol. The number of hydrogen-bond donors (Lipinski definition) is 3. The van der Waals surface area contributed by atoms with Crippen LogP contribution in [0.5, 0.6) is 0 Å². The van der Waals surface area contributed by atoms with Crippen molar-refractivity contribution < 1.29 is 9.59 Å². The Bertz CT molecular complexity index is 322. The van der Waals surface area contributed by atoms with Crippen LogP contribution in [0.25, 0.3) is 0 Å². The Morgan fingerprint density at radius 3 is 2.05 bits per heavy atom.